The van der Waals surface area contributed by atoms with Crippen molar-refractivity contribution in [2.24, 2.45) is 0 Å². The highest BCUT2D eigenvalue weighted by Gasteiger charge is 2.30. The molecule has 1 aliphatic rings. The van der Waals surface area contributed by atoms with E-state index in [4.69, 9.17) is 0 Å². The summed E-state index contributed by atoms with van der Waals surface area (Å²) in [6.45, 7) is 2.20. The summed E-state index contributed by atoms with van der Waals surface area (Å²) >= 11 is 2.31. The van der Waals surface area contributed by atoms with Crippen molar-refractivity contribution in [3.05, 3.63) is 0 Å². The van der Waals surface area contributed by atoms with Gasteiger partial charge in [-0.3, -0.25) is 0 Å². The van der Waals surface area contributed by atoms with Crippen molar-refractivity contribution in [3.63, 3.8) is 0 Å². The molecule has 3 heteroatoms. The normalized spacial score (nSPS) is 39.0. The molecule has 2 N–H and O–H groups in total. The summed E-state index contributed by atoms with van der Waals surface area (Å²) in [6.07, 6.45) is 4.17. The zero-order valence-electron chi connectivity index (χ0n) is 6.94. The molecule has 0 spiro atoms. The standard InChI is InChI=1S/C8H16INO/c1-8(10-6-9)4-2-3-7(11)5-8/h7,10-11H,2-6H2,1H3. The van der Waals surface area contributed by atoms with Crippen LogP contribution in [0.15, 0.2) is 0 Å². The lowest BCUT2D eigenvalue weighted by atomic mass is 9.82. The Kier molecular flexibility index (Phi) is 3.58. The van der Waals surface area contributed by atoms with E-state index in [1.54, 1.807) is 0 Å². The van der Waals surface area contributed by atoms with E-state index in [0.717, 1.165) is 23.8 Å². The topological polar surface area (TPSA) is 32.3 Å². The fraction of sp³-hybridized carbons (Fsp3) is 1.00. The molecule has 0 aromatic rings. The highest BCUT2D eigenvalue weighted by Crippen LogP contribution is 2.27. The summed E-state index contributed by atoms with van der Waals surface area (Å²) in [5.74, 6) is 0. The Morgan fingerprint density at radius 1 is 1.73 bits per heavy atom. The van der Waals surface area contributed by atoms with Gasteiger partial charge in [-0.25, -0.2) is 0 Å². The molecule has 11 heavy (non-hydrogen) atoms. The molecule has 1 fully saturated rings. The van der Waals surface area contributed by atoms with Crippen LogP contribution in [0.1, 0.15) is 32.6 Å². The first-order chi connectivity index (χ1) is 5.16. The minimum Gasteiger partial charge on any atom is -0.393 e. The highest BCUT2D eigenvalue weighted by molar-refractivity contribution is 14.1. The number of hydrogen-bond donors (Lipinski definition) is 2. The van der Waals surface area contributed by atoms with Crippen LogP contribution in [0.25, 0.3) is 0 Å². The summed E-state index contributed by atoms with van der Waals surface area (Å²) in [6, 6.07) is 0. The molecule has 2 unspecified atom stereocenters. The van der Waals surface area contributed by atoms with Crippen molar-refractivity contribution >= 4 is 22.6 Å². The van der Waals surface area contributed by atoms with E-state index in [-0.39, 0.29) is 11.6 Å². The van der Waals surface area contributed by atoms with Crippen LogP contribution in [-0.2, 0) is 0 Å². The minimum absolute atomic E-state index is 0.0794. The average Bonchev–Trinajstić information content (AvgIpc) is 1.86. The van der Waals surface area contributed by atoms with Crippen molar-refractivity contribution in [2.75, 3.05) is 4.55 Å². The van der Waals surface area contributed by atoms with Gasteiger partial charge in [-0.1, -0.05) is 22.6 Å². The second kappa shape index (κ2) is 4.05. The Hall–Kier alpha value is 0.650. The summed E-state index contributed by atoms with van der Waals surface area (Å²) in [7, 11) is 0. The van der Waals surface area contributed by atoms with E-state index in [1.807, 2.05) is 0 Å². The summed E-state index contributed by atoms with van der Waals surface area (Å²) in [4.78, 5) is 0. The van der Waals surface area contributed by atoms with Gasteiger partial charge in [0.1, 0.15) is 0 Å². The molecule has 1 aliphatic carbocycles. The van der Waals surface area contributed by atoms with Crippen LogP contribution in [-0.4, -0.2) is 21.3 Å². The SMILES string of the molecule is CC1(NCI)CCCC(O)C1. The number of aliphatic hydroxyl groups excluding tert-OH is 1. The summed E-state index contributed by atoms with van der Waals surface area (Å²) in [5.41, 5.74) is 0.193. The van der Waals surface area contributed by atoms with Gasteiger partial charge in [-0.2, -0.15) is 0 Å². The predicted molar refractivity (Wildman–Crippen MR) is 54.9 cm³/mol. The molecule has 1 rings (SSSR count). The van der Waals surface area contributed by atoms with E-state index < -0.39 is 0 Å². The Balaban J connectivity index is 2.41. The smallest absolute Gasteiger partial charge is 0.0557 e. The third-order valence-electron chi connectivity index (χ3n) is 2.45. The van der Waals surface area contributed by atoms with Crippen LogP contribution in [0.4, 0.5) is 0 Å². The molecule has 1 saturated carbocycles. The monoisotopic (exact) mass is 269 g/mol. The van der Waals surface area contributed by atoms with E-state index in [2.05, 4.69) is 34.8 Å². The van der Waals surface area contributed by atoms with Crippen LogP contribution in [0.5, 0.6) is 0 Å². The molecule has 0 radical (unpaired) electrons. The van der Waals surface area contributed by atoms with E-state index in [9.17, 15) is 5.11 Å². The van der Waals surface area contributed by atoms with Crippen LogP contribution in [0.2, 0.25) is 0 Å². The fourth-order valence-corrected chi connectivity index (χ4v) is 2.69. The van der Waals surface area contributed by atoms with E-state index >= 15 is 0 Å². The summed E-state index contributed by atoms with van der Waals surface area (Å²) in [5, 5.41) is 12.8. The quantitative estimate of drug-likeness (QED) is 0.454. The molecule has 66 valence electrons. The van der Waals surface area contributed by atoms with Crippen molar-refractivity contribution in [1.82, 2.24) is 5.32 Å². The second-order valence-electron chi connectivity index (χ2n) is 3.62. The minimum atomic E-state index is -0.0794. The Labute approximate surface area is 81.9 Å². The number of nitrogens with one attached hydrogen (secondary N) is 1. The first-order valence-electron chi connectivity index (χ1n) is 4.15. The molecule has 0 aromatic heterocycles. The zero-order valence-corrected chi connectivity index (χ0v) is 9.10. The van der Waals surface area contributed by atoms with Gasteiger partial charge in [0.05, 0.1) is 6.10 Å². The van der Waals surface area contributed by atoms with E-state index in [1.165, 1.54) is 6.42 Å². The van der Waals surface area contributed by atoms with Crippen molar-refractivity contribution < 1.29 is 5.11 Å². The third kappa shape index (κ3) is 2.87. The van der Waals surface area contributed by atoms with Gasteiger partial charge < -0.3 is 10.4 Å². The zero-order chi connectivity index (χ0) is 8.32. The number of alkyl halides is 1. The predicted octanol–water partition coefficient (Wildman–Crippen LogP) is 1.66. The molecule has 0 amide bonds. The first kappa shape index (κ1) is 9.74. The Morgan fingerprint density at radius 2 is 2.45 bits per heavy atom. The molecule has 0 bridgehead atoms. The lowest BCUT2D eigenvalue weighted by molar-refractivity contribution is 0.0814. The van der Waals surface area contributed by atoms with Crippen LogP contribution in [0, 0.1) is 0 Å². The lowest BCUT2D eigenvalue weighted by Crippen LogP contribution is -2.46. The molecule has 2 atom stereocenters. The molecule has 0 aliphatic heterocycles. The highest BCUT2D eigenvalue weighted by atomic mass is 127. The number of halogens is 1. The average molecular weight is 269 g/mol. The third-order valence-corrected chi connectivity index (χ3v) is 2.83. The van der Waals surface area contributed by atoms with Gasteiger partial charge in [-0.15, -0.1) is 0 Å². The Morgan fingerprint density at radius 3 is 3.00 bits per heavy atom. The Bertz CT molecular complexity index is 127. The molecule has 0 aromatic carbocycles. The van der Waals surface area contributed by atoms with Crippen molar-refractivity contribution in [1.29, 1.82) is 0 Å². The fourth-order valence-electron chi connectivity index (χ4n) is 1.77. The molecule has 2 nitrogen and oxygen atoms in total. The van der Waals surface area contributed by atoms with Gasteiger partial charge in [0, 0.05) is 10.1 Å². The number of aliphatic hydroxyl groups is 1. The molecular formula is C8H16INO. The van der Waals surface area contributed by atoms with Gasteiger partial charge in [0.15, 0.2) is 0 Å². The van der Waals surface area contributed by atoms with Crippen molar-refractivity contribution in [3.8, 4) is 0 Å². The van der Waals surface area contributed by atoms with Gasteiger partial charge in [-0.05, 0) is 32.6 Å². The maximum atomic E-state index is 9.43. The first-order valence-corrected chi connectivity index (χ1v) is 5.68. The molecular weight excluding hydrogens is 253 g/mol. The lowest BCUT2D eigenvalue weighted by Gasteiger charge is -2.36. The van der Waals surface area contributed by atoms with Crippen molar-refractivity contribution in [2.45, 2.75) is 44.2 Å². The van der Waals surface area contributed by atoms with E-state index in [0.29, 0.717) is 0 Å². The largest absolute Gasteiger partial charge is 0.393 e. The second-order valence-corrected chi connectivity index (χ2v) is 4.38. The number of hydrogen-bond acceptors (Lipinski definition) is 2. The van der Waals surface area contributed by atoms with Crippen LogP contribution in [0.3, 0.4) is 0 Å². The van der Waals surface area contributed by atoms with Gasteiger partial charge in [0.2, 0.25) is 0 Å². The maximum Gasteiger partial charge on any atom is 0.0557 e. The van der Waals surface area contributed by atoms with Crippen LogP contribution >= 0.6 is 22.6 Å². The molecule has 0 saturated heterocycles. The number of rotatable bonds is 2. The summed E-state index contributed by atoms with van der Waals surface area (Å²) < 4.78 is 0.973. The maximum absolute atomic E-state index is 9.43. The van der Waals surface area contributed by atoms with Crippen LogP contribution < -0.4 is 5.32 Å². The molecule has 0 heterocycles. The van der Waals surface area contributed by atoms with Gasteiger partial charge in [0.25, 0.3) is 0 Å². The van der Waals surface area contributed by atoms with Gasteiger partial charge >= 0.3 is 0 Å².